The Morgan fingerprint density at radius 1 is 1.38 bits per heavy atom. The number of ether oxygens (including phenoxy) is 1. The van der Waals surface area contributed by atoms with Gasteiger partial charge in [-0.1, -0.05) is 25.1 Å². The largest absolute Gasteiger partial charge is 0.378 e. The van der Waals surface area contributed by atoms with E-state index in [0.29, 0.717) is 17.4 Å². The summed E-state index contributed by atoms with van der Waals surface area (Å²) in [5.41, 5.74) is 1.54. The van der Waals surface area contributed by atoms with E-state index in [2.05, 4.69) is 48.3 Å². The SMILES string of the molecule is CCCNC(CCC1CCCO1)C1Cc2ccccc2S1. The van der Waals surface area contributed by atoms with Gasteiger partial charge in [-0.15, -0.1) is 11.8 Å². The van der Waals surface area contributed by atoms with Gasteiger partial charge in [-0.05, 0) is 56.7 Å². The molecule has 0 aliphatic carbocycles. The third-order valence-corrected chi connectivity index (χ3v) is 6.05. The number of rotatable bonds is 7. The summed E-state index contributed by atoms with van der Waals surface area (Å²) in [7, 11) is 0. The van der Waals surface area contributed by atoms with E-state index in [-0.39, 0.29) is 0 Å². The molecule has 2 aliphatic heterocycles. The molecule has 0 aromatic heterocycles. The fourth-order valence-corrected chi connectivity index (χ4v) is 4.87. The van der Waals surface area contributed by atoms with Crippen molar-refractivity contribution in [1.82, 2.24) is 5.32 Å². The van der Waals surface area contributed by atoms with E-state index in [1.807, 2.05) is 0 Å². The van der Waals surface area contributed by atoms with E-state index in [1.165, 1.54) is 49.0 Å². The van der Waals surface area contributed by atoms with Crippen LogP contribution in [0.15, 0.2) is 29.2 Å². The van der Waals surface area contributed by atoms with Gasteiger partial charge in [-0.25, -0.2) is 0 Å². The molecule has 1 N–H and O–H groups in total. The van der Waals surface area contributed by atoms with Crippen LogP contribution < -0.4 is 5.32 Å². The average molecular weight is 305 g/mol. The first-order chi connectivity index (χ1) is 10.4. The molecule has 0 amide bonds. The topological polar surface area (TPSA) is 21.3 Å². The third kappa shape index (κ3) is 4.02. The smallest absolute Gasteiger partial charge is 0.0576 e. The lowest BCUT2D eigenvalue weighted by Gasteiger charge is -2.25. The molecule has 1 aromatic carbocycles. The maximum absolute atomic E-state index is 5.80. The molecule has 116 valence electrons. The minimum atomic E-state index is 0.518. The van der Waals surface area contributed by atoms with E-state index in [9.17, 15) is 0 Å². The van der Waals surface area contributed by atoms with Crippen molar-refractivity contribution in [3.63, 3.8) is 0 Å². The molecule has 3 unspecified atom stereocenters. The molecule has 21 heavy (non-hydrogen) atoms. The molecule has 0 spiro atoms. The van der Waals surface area contributed by atoms with Crippen molar-refractivity contribution in [3.05, 3.63) is 29.8 Å². The molecule has 1 fully saturated rings. The first kappa shape index (κ1) is 15.4. The Bertz CT molecular complexity index is 420. The monoisotopic (exact) mass is 305 g/mol. The summed E-state index contributed by atoms with van der Waals surface area (Å²) < 4.78 is 5.80. The summed E-state index contributed by atoms with van der Waals surface area (Å²) in [6.45, 7) is 4.35. The van der Waals surface area contributed by atoms with Gasteiger partial charge in [0.15, 0.2) is 0 Å². The summed E-state index contributed by atoms with van der Waals surface area (Å²) >= 11 is 2.07. The second-order valence-corrected chi connectivity index (χ2v) is 7.52. The van der Waals surface area contributed by atoms with Crippen LogP contribution in [0.25, 0.3) is 0 Å². The Morgan fingerprint density at radius 2 is 2.29 bits per heavy atom. The first-order valence-corrected chi connectivity index (χ1v) is 9.34. The fourth-order valence-electron chi connectivity index (χ4n) is 3.42. The molecule has 1 aromatic rings. The Balaban J connectivity index is 1.57. The number of fused-ring (bicyclic) bond motifs is 1. The highest BCUT2D eigenvalue weighted by Crippen LogP contribution is 2.39. The van der Waals surface area contributed by atoms with Crippen molar-refractivity contribution in [2.75, 3.05) is 13.2 Å². The van der Waals surface area contributed by atoms with E-state index in [4.69, 9.17) is 4.74 Å². The summed E-state index contributed by atoms with van der Waals surface area (Å²) in [5, 5.41) is 4.48. The Kier molecular flexibility index (Phi) is 5.61. The summed E-state index contributed by atoms with van der Waals surface area (Å²) in [5.74, 6) is 0. The van der Waals surface area contributed by atoms with Gasteiger partial charge in [0.25, 0.3) is 0 Å². The fraction of sp³-hybridized carbons (Fsp3) is 0.667. The zero-order chi connectivity index (χ0) is 14.5. The van der Waals surface area contributed by atoms with Crippen molar-refractivity contribution in [2.24, 2.45) is 0 Å². The lowest BCUT2D eigenvalue weighted by molar-refractivity contribution is 0.0995. The molecule has 0 bridgehead atoms. The lowest BCUT2D eigenvalue weighted by atomic mass is 9.99. The first-order valence-electron chi connectivity index (χ1n) is 8.46. The predicted molar refractivity (Wildman–Crippen MR) is 90.1 cm³/mol. The maximum atomic E-state index is 5.80. The number of thioether (sulfide) groups is 1. The zero-order valence-electron chi connectivity index (χ0n) is 13.0. The van der Waals surface area contributed by atoms with Crippen molar-refractivity contribution < 1.29 is 4.74 Å². The molecular weight excluding hydrogens is 278 g/mol. The van der Waals surface area contributed by atoms with Gasteiger partial charge in [0, 0.05) is 22.8 Å². The van der Waals surface area contributed by atoms with Crippen LogP contribution in [0.2, 0.25) is 0 Å². The Hall–Kier alpha value is -0.510. The second kappa shape index (κ2) is 7.66. The highest BCUT2D eigenvalue weighted by molar-refractivity contribution is 8.00. The number of benzene rings is 1. The van der Waals surface area contributed by atoms with E-state index >= 15 is 0 Å². The van der Waals surface area contributed by atoms with Crippen LogP contribution in [0.4, 0.5) is 0 Å². The third-order valence-electron chi connectivity index (χ3n) is 4.60. The number of nitrogens with one attached hydrogen (secondary N) is 1. The van der Waals surface area contributed by atoms with Gasteiger partial charge in [-0.2, -0.15) is 0 Å². The van der Waals surface area contributed by atoms with Crippen LogP contribution in [0, 0.1) is 0 Å². The molecule has 1 saturated heterocycles. The summed E-state index contributed by atoms with van der Waals surface area (Å²) in [6, 6.07) is 9.51. The Morgan fingerprint density at radius 3 is 3.05 bits per heavy atom. The average Bonchev–Trinajstić information content (AvgIpc) is 3.16. The molecule has 0 saturated carbocycles. The standard InChI is InChI=1S/C18H27NOS/c1-2-11-19-16(10-9-15-7-5-12-20-15)18-13-14-6-3-4-8-17(14)21-18/h3-4,6,8,15-16,18-19H,2,5,7,9-13H2,1H3. The molecule has 3 atom stereocenters. The molecule has 2 nitrogen and oxygen atoms in total. The summed E-state index contributed by atoms with van der Waals surface area (Å²) in [4.78, 5) is 1.49. The van der Waals surface area contributed by atoms with Crippen LogP contribution in [0.1, 0.15) is 44.6 Å². The van der Waals surface area contributed by atoms with Crippen molar-refractivity contribution in [2.45, 2.75) is 67.7 Å². The van der Waals surface area contributed by atoms with E-state index in [0.717, 1.165) is 13.2 Å². The quantitative estimate of drug-likeness (QED) is 0.822. The van der Waals surface area contributed by atoms with Gasteiger partial charge in [0.1, 0.15) is 0 Å². The minimum Gasteiger partial charge on any atom is -0.378 e. The van der Waals surface area contributed by atoms with Crippen LogP contribution >= 0.6 is 11.8 Å². The molecule has 3 rings (SSSR count). The predicted octanol–water partition coefficient (Wildman–Crippen LogP) is 4.03. The normalized spacial score (nSPS) is 26.0. The molecular formula is C18H27NOS. The van der Waals surface area contributed by atoms with Crippen LogP contribution in [-0.4, -0.2) is 30.5 Å². The zero-order valence-corrected chi connectivity index (χ0v) is 13.8. The molecule has 3 heteroatoms. The van der Waals surface area contributed by atoms with Gasteiger partial charge in [0.2, 0.25) is 0 Å². The van der Waals surface area contributed by atoms with Crippen LogP contribution in [0.3, 0.4) is 0 Å². The molecule has 2 aliphatic rings. The Labute approximate surface area is 133 Å². The van der Waals surface area contributed by atoms with Crippen LogP contribution in [0.5, 0.6) is 0 Å². The molecule has 0 radical (unpaired) electrons. The minimum absolute atomic E-state index is 0.518. The van der Waals surface area contributed by atoms with E-state index < -0.39 is 0 Å². The van der Waals surface area contributed by atoms with Crippen molar-refractivity contribution in [3.8, 4) is 0 Å². The van der Waals surface area contributed by atoms with Gasteiger partial charge in [0.05, 0.1) is 6.10 Å². The van der Waals surface area contributed by atoms with Crippen molar-refractivity contribution in [1.29, 1.82) is 0 Å². The van der Waals surface area contributed by atoms with Gasteiger partial charge in [-0.3, -0.25) is 0 Å². The van der Waals surface area contributed by atoms with Crippen LogP contribution in [-0.2, 0) is 11.2 Å². The maximum Gasteiger partial charge on any atom is 0.0576 e. The highest BCUT2D eigenvalue weighted by atomic mass is 32.2. The lowest BCUT2D eigenvalue weighted by Crippen LogP contribution is -2.39. The highest BCUT2D eigenvalue weighted by Gasteiger charge is 2.29. The molecule has 2 heterocycles. The number of hydrogen-bond donors (Lipinski definition) is 1. The number of hydrogen-bond acceptors (Lipinski definition) is 3. The van der Waals surface area contributed by atoms with Gasteiger partial charge < -0.3 is 10.1 Å². The van der Waals surface area contributed by atoms with Crippen molar-refractivity contribution >= 4 is 11.8 Å². The van der Waals surface area contributed by atoms with Gasteiger partial charge >= 0.3 is 0 Å². The second-order valence-electron chi connectivity index (χ2n) is 6.24. The van der Waals surface area contributed by atoms with E-state index in [1.54, 1.807) is 0 Å². The summed E-state index contributed by atoms with van der Waals surface area (Å²) in [6.07, 6.45) is 7.92.